The van der Waals surface area contributed by atoms with Crippen LogP contribution in [0.2, 0.25) is 0 Å². The molecule has 2 rings (SSSR count). The van der Waals surface area contributed by atoms with E-state index in [9.17, 15) is 13.2 Å². The summed E-state index contributed by atoms with van der Waals surface area (Å²) in [7, 11) is 0. The number of pyridine rings is 1. The van der Waals surface area contributed by atoms with Crippen molar-refractivity contribution < 1.29 is 13.2 Å². The van der Waals surface area contributed by atoms with Crippen LogP contribution >= 0.6 is 0 Å². The van der Waals surface area contributed by atoms with E-state index in [0.29, 0.717) is 25.1 Å². The van der Waals surface area contributed by atoms with Crippen LogP contribution in [0.3, 0.4) is 0 Å². The fourth-order valence-electron chi connectivity index (χ4n) is 2.24. The zero-order valence-corrected chi connectivity index (χ0v) is 13.1. The van der Waals surface area contributed by atoms with Gasteiger partial charge in [0.1, 0.15) is 11.8 Å². The molecule has 0 bridgehead atoms. The molecule has 0 aliphatic rings. The smallest absolute Gasteiger partial charge is 0.385 e. The van der Waals surface area contributed by atoms with Crippen LogP contribution in [0.15, 0.2) is 30.5 Å². The van der Waals surface area contributed by atoms with Gasteiger partial charge in [-0.2, -0.15) is 18.4 Å². The zero-order valence-electron chi connectivity index (χ0n) is 13.1. The topological polar surface area (TPSA) is 48.7 Å². The second kappa shape index (κ2) is 9.42. The van der Waals surface area contributed by atoms with Gasteiger partial charge in [0.15, 0.2) is 0 Å². The summed E-state index contributed by atoms with van der Waals surface area (Å²) in [4.78, 5) is 4.00. The fraction of sp³-hybridized carbons (Fsp3) is 0.333. The third kappa shape index (κ3) is 6.18. The zero-order chi connectivity index (χ0) is 18.0. The Morgan fingerprint density at radius 3 is 2.54 bits per heavy atom. The van der Waals surface area contributed by atoms with Gasteiger partial charge in [-0.25, -0.2) is 4.98 Å². The van der Waals surface area contributed by atoms with E-state index in [2.05, 4.69) is 23.1 Å². The number of fused-ring (bicyclic) bond motifs is 1. The van der Waals surface area contributed by atoms with Gasteiger partial charge in [-0.1, -0.05) is 6.42 Å². The highest BCUT2D eigenvalue weighted by molar-refractivity contribution is 5.88. The van der Waals surface area contributed by atoms with Crippen molar-refractivity contribution in [3.63, 3.8) is 0 Å². The van der Waals surface area contributed by atoms with Gasteiger partial charge in [0.05, 0.1) is 0 Å². The first-order valence-corrected chi connectivity index (χ1v) is 7.42. The molecule has 126 valence electrons. The lowest BCUT2D eigenvalue weighted by Crippen LogP contribution is -2.07. The molecule has 0 aliphatic heterocycles. The maximum Gasteiger partial charge on any atom is 0.389 e. The number of nitriles is 1. The average Bonchev–Trinajstić information content (AvgIpc) is 2.58. The average molecular weight is 333 g/mol. The van der Waals surface area contributed by atoms with Crippen LogP contribution in [0, 0.1) is 24.2 Å². The minimum absolute atomic E-state index is 0.167. The van der Waals surface area contributed by atoms with E-state index < -0.39 is 12.6 Å². The molecule has 1 N–H and O–H groups in total. The van der Waals surface area contributed by atoms with Crippen LogP contribution in [0.25, 0.3) is 10.8 Å². The number of hydrogen-bond donors (Lipinski definition) is 1. The SMILES string of the molecule is C#C.N#Cc1nccc2cc(NCCCCCC(F)(F)F)ccc12. The first-order chi connectivity index (χ1) is 11.5. The molecule has 24 heavy (non-hydrogen) atoms. The Morgan fingerprint density at radius 1 is 1.12 bits per heavy atom. The third-order valence-corrected chi connectivity index (χ3v) is 3.34. The van der Waals surface area contributed by atoms with E-state index in [4.69, 9.17) is 5.26 Å². The summed E-state index contributed by atoms with van der Waals surface area (Å²) in [6, 6.07) is 9.45. The molecule has 0 radical (unpaired) electrons. The molecule has 0 atom stereocenters. The van der Waals surface area contributed by atoms with Gasteiger partial charge >= 0.3 is 6.18 Å². The maximum absolute atomic E-state index is 12.0. The first-order valence-electron chi connectivity index (χ1n) is 7.42. The number of halogens is 3. The van der Waals surface area contributed by atoms with Crippen LogP contribution in [0.1, 0.15) is 31.4 Å². The Morgan fingerprint density at radius 2 is 1.88 bits per heavy atom. The summed E-state index contributed by atoms with van der Waals surface area (Å²) in [6.07, 6.45) is 6.21. The lowest BCUT2D eigenvalue weighted by Gasteiger charge is -2.09. The number of anilines is 1. The highest BCUT2D eigenvalue weighted by Crippen LogP contribution is 2.23. The van der Waals surface area contributed by atoms with Gasteiger partial charge in [-0.05, 0) is 42.5 Å². The number of benzene rings is 1. The number of nitrogens with one attached hydrogen (secondary N) is 1. The summed E-state index contributed by atoms with van der Waals surface area (Å²) in [5, 5.41) is 13.9. The molecule has 0 fully saturated rings. The lowest BCUT2D eigenvalue weighted by atomic mass is 10.1. The van der Waals surface area contributed by atoms with Gasteiger partial charge in [-0.15, -0.1) is 12.8 Å². The molecule has 1 aromatic heterocycles. The first kappa shape index (κ1) is 19.3. The standard InChI is InChI=1S/C16H16F3N3.C2H2/c17-16(18,19)7-2-1-3-8-21-13-4-5-14-12(10-13)6-9-22-15(14)11-20;1-2/h4-6,9-10,21H,1-3,7-8H2;1-2H. The predicted octanol–water partition coefficient (Wildman–Crippen LogP) is 4.89. The van der Waals surface area contributed by atoms with Crippen molar-refractivity contribution in [3.05, 3.63) is 36.2 Å². The normalized spacial score (nSPS) is 10.5. The molecule has 0 unspecified atom stereocenters. The van der Waals surface area contributed by atoms with Crippen molar-refractivity contribution >= 4 is 16.5 Å². The Hall–Kier alpha value is -2.73. The number of hydrogen-bond acceptors (Lipinski definition) is 3. The van der Waals surface area contributed by atoms with Crippen molar-refractivity contribution in [2.24, 2.45) is 0 Å². The molecular weight excluding hydrogens is 315 g/mol. The second-order valence-corrected chi connectivity index (χ2v) is 5.06. The number of terminal acetylenes is 1. The summed E-state index contributed by atoms with van der Waals surface area (Å²) in [6.45, 7) is 0.625. The van der Waals surface area contributed by atoms with Crippen molar-refractivity contribution in [1.82, 2.24) is 4.98 Å². The molecule has 0 amide bonds. The van der Waals surface area contributed by atoms with Crippen LogP contribution in [-0.4, -0.2) is 17.7 Å². The van der Waals surface area contributed by atoms with Crippen LogP contribution in [0.4, 0.5) is 18.9 Å². The molecule has 0 saturated heterocycles. The number of aromatic nitrogens is 1. The molecule has 0 spiro atoms. The Balaban J connectivity index is 0.00000139. The maximum atomic E-state index is 12.0. The monoisotopic (exact) mass is 333 g/mol. The fourth-order valence-corrected chi connectivity index (χ4v) is 2.24. The predicted molar refractivity (Wildman–Crippen MR) is 89.4 cm³/mol. The quantitative estimate of drug-likeness (QED) is 0.605. The third-order valence-electron chi connectivity index (χ3n) is 3.34. The van der Waals surface area contributed by atoms with Crippen LogP contribution in [-0.2, 0) is 0 Å². The Labute approximate surface area is 139 Å². The summed E-state index contributed by atoms with van der Waals surface area (Å²) < 4.78 is 36.0. The molecule has 3 nitrogen and oxygen atoms in total. The number of nitrogens with zero attached hydrogens (tertiary/aromatic N) is 2. The largest absolute Gasteiger partial charge is 0.389 e. The molecule has 2 aromatic rings. The number of rotatable bonds is 6. The minimum atomic E-state index is -4.06. The molecule has 1 heterocycles. The van der Waals surface area contributed by atoms with Gasteiger partial charge < -0.3 is 5.32 Å². The summed E-state index contributed by atoms with van der Waals surface area (Å²) in [5.41, 5.74) is 1.27. The highest BCUT2D eigenvalue weighted by atomic mass is 19.4. The van der Waals surface area contributed by atoms with E-state index in [1.807, 2.05) is 30.3 Å². The molecule has 1 aromatic carbocycles. The van der Waals surface area contributed by atoms with Gasteiger partial charge in [-0.3, -0.25) is 0 Å². The van der Waals surface area contributed by atoms with Crippen molar-refractivity contribution in [1.29, 1.82) is 5.26 Å². The van der Waals surface area contributed by atoms with Crippen molar-refractivity contribution in [3.8, 4) is 18.9 Å². The van der Waals surface area contributed by atoms with E-state index >= 15 is 0 Å². The Bertz CT molecular complexity index is 715. The van der Waals surface area contributed by atoms with E-state index in [1.165, 1.54) is 0 Å². The molecular formula is C18H18F3N3. The molecule has 6 heteroatoms. The van der Waals surface area contributed by atoms with Crippen LogP contribution < -0.4 is 5.32 Å². The van der Waals surface area contributed by atoms with Gasteiger partial charge in [0.25, 0.3) is 0 Å². The minimum Gasteiger partial charge on any atom is -0.385 e. The van der Waals surface area contributed by atoms with E-state index in [1.54, 1.807) is 6.20 Å². The Kier molecular flexibility index (Phi) is 7.58. The second-order valence-electron chi connectivity index (χ2n) is 5.06. The highest BCUT2D eigenvalue weighted by Gasteiger charge is 2.25. The summed E-state index contributed by atoms with van der Waals surface area (Å²) >= 11 is 0. The number of alkyl halides is 3. The summed E-state index contributed by atoms with van der Waals surface area (Å²) in [5.74, 6) is 0. The lowest BCUT2D eigenvalue weighted by molar-refractivity contribution is -0.135. The van der Waals surface area contributed by atoms with E-state index in [-0.39, 0.29) is 6.42 Å². The van der Waals surface area contributed by atoms with Gasteiger partial charge in [0, 0.05) is 30.2 Å². The molecule has 0 saturated carbocycles. The van der Waals surface area contributed by atoms with Crippen LogP contribution in [0.5, 0.6) is 0 Å². The van der Waals surface area contributed by atoms with Crippen molar-refractivity contribution in [2.75, 3.05) is 11.9 Å². The number of unbranched alkanes of at least 4 members (excludes halogenated alkanes) is 2. The molecule has 0 aliphatic carbocycles. The van der Waals surface area contributed by atoms with E-state index in [0.717, 1.165) is 16.5 Å². The van der Waals surface area contributed by atoms with Gasteiger partial charge in [0.2, 0.25) is 0 Å². The van der Waals surface area contributed by atoms with Crippen molar-refractivity contribution in [2.45, 2.75) is 31.9 Å².